The van der Waals surface area contributed by atoms with Gasteiger partial charge in [0.25, 0.3) is 0 Å². The van der Waals surface area contributed by atoms with Gasteiger partial charge in [-0.1, -0.05) is 6.08 Å². The van der Waals surface area contributed by atoms with Crippen LogP contribution in [0.5, 0.6) is 0 Å². The van der Waals surface area contributed by atoms with Crippen LogP contribution in [-0.4, -0.2) is 10.4 Å². The van der Waals surface area contributed by atoms with E-state index in [0.29, 0.717) is 10.9 Å². The van der Waals surface area contributed by atoms with Crippen LogP contribution in [0.1, 0.15) is 6.92 Å². The minimum Gasteiger partial charge on any atom is -0.262 e. The molecule has 0 fully saturated rings. The first kappa shape index (κ1) is 6.12. The van der Waals surface area contributed by atoms with Gasteiger partial charge in [-0.05, 0) is 13.0 Å². The van der Waals surface area contributed by atoms with E-state index in [1.807, 2.05) is 6.92 Å². The van der Waals surface area contributed by atoms with Crippen molar-refractivity contribution in [2.24, 2.45) is 0 Å². The average molecular weight is 128 g/mol. The quantitative estimate of drug-likeness (QED) is 0.541. The molecule has 0 saturated heterocycles. The van der Waals surface area contributed by atoms with Gasteiger partial charge in [-0.2, -0.15) is 0 Å². The highest BCUT2D eigenvalue weighted by Gasteiger charge is 2.08. The van der Waals surface area contributed by atoms with Crippen molar-refractivity contribution in [1.82, 2.24) is 10.7 Å². The molecule has 0 aromatic rings. The molecule has 2 N–H and O–H groups in total. The molecule has 1 aliphatic heterocycles. The summed E-state index contributed by atoms with van der Waals surface area (Å²) in [5.74, 6) is 0. The van der Waals surface area contributed by atoms with Gasteiger partial charge in [0.2, 0.25) is 0 Å². The van der Waals surface area contributed by atoms with Gasteiger partial charge in [-0.25, -0.2) is 5.48 Å². The summed E-state index contributed by atoms with van der Waals surface area (Å²) < 4.78 is 0. The van der Waals surface area contributed by atoms with E-state index in [4.69, 9.17) is 5.21 Å². The van der Waals surface area contributed by atoms with E-state index >= 15 is 0 Å². The van der Waals surface area contributed by atoms with Crippen molar-refractivity contribution < 1.29 is 10.1 Å². The molecule has 0 aromatic heterocycles. The highest BCUT2D eigenvalue weighted by Crippen LogP contribution is 2.06. The van der Waals surface area contributed by atoms with Crippen molar-refractivity contribution in [1.29, 1.82) is 0 Å². The minimum atomic E-state index is 0.581. The van der Waals surface area contributed by atoms with Crippen molar-refractivity contribution >= 4 is 0 Å². The van der Waals surface area contributed by atoms with E-state index in [1.54, 1.807) is 18.4 Å². The average Bonchev–Trinajstić information content (AvgIpc) is 2.18. The Labute approximate surface area is 52.9 Å². The van der Waals surface area contributed by atoms with Crippen molar-refractivity contribution in [3.63, 3.8) is 0 Å². The predicted octanol–water partition coefficient (Wildman–Crippen LogP) is 0.545. The number of nitrogens with one attached hydrogen (secondary N) is 1. The highest BCUT2D eigenvalue weighted by atomic mass is 17.0. The van der Waals surface area contributed by atoms with Crippen molar-refractivity contribution in [3.05, 3.63) is 24.0 Å². The van der Waals surface area contributed by atoms with Crippen LogP contribution in [0, 0.1) is 0 Å². The molecule has 50 valence electrons. The normalized spacial score (nSPS) is 18.4. The van der Waals surface area contributed by atoms with Crippen LogP contribution in [-0.2, 0) is 4.94 Å². The Kier molecular flexibility index (Phi) is 1.72. The van der Waals surface area contributed by atoms with Gasteiger partial charge in [0.05, 0.1) is 6.20 Å². The molecule has 0 radical (unpaired) electrons. The van der Waals surface area contributed by atoms with Crippen LogP contribution in [0.25, 0.3) is 0 Å². The predicted molar refractivity (Wildman–Crippen MR) is 30.7 cm³/mol. The summed E-state index contributed by atoms with van der Waals surface area (Å²) in [5.41, 5.74) is 2.95. The summed E-state index contributed by atoms with van der Waals surface area (Å²) in [5, 5.41) is 9.40. The summed E-state index contributed by atoms with van der Waals surface area (Å²) in [6.45, 7) is 1.85. The zero-order valence-corrected chi connectivity index (χ0v) is 5.03. The maximum absolute atomic E-state index is 8.75. The lowest BCUT2D eigenvalue weighted by Gasteiger charge is -2.04. The van der Waals surface area contributed by atoms with E-state index in [-0.39, 0.29) is 0 Å². The Hall–Kier alpha value is -1.00. The smallest absolute Gasteiger partial charge is 0.115 e. The Balaban J connectivity index is 2.57. The van der Waals surface area contributed by atoms with E-state index in [2.05, 4.69) is 10.4 Å². The zero-order chi connectivity index (χ0) is 6.69. The van der Waals surface area contributed by atoms with Crippen LogP contribution in [0.4, 0.5) is 0 Å². The Morgan fingerprint density at radius 3 is 3.11 bits per heavy atom. The highest BCUT2D eigenvalue weighted by molar-refractivity contribution is 5.14. The Morgan fingerprint density at radius 1 is 1.89 bits per heavy atom. The molecule has 0 unspecified atom stereocenters. The monoisotopic (exact) mass is 128 g/mol. The molecule has 0 saturated carbocycles. The molecule has 9 heavy (non-hydrogen) atoms. The molecule has 1 heterocycles. The molecule has 4 heteroatoms. The second-order valence-corrected chi connectivity index (χ2v) is 1.55. The lowest BCUT2D eigenvalue weighted by molar-refractivity contribution is -0.321. The number of hydrogen-bond acceptors (Lipinski definition) is 4. The molecule has 1 aliphatic rings. The largest absolute Gasteiger partial charge is 0.262 e. The fraction of sp³-hybridized carbons (Fsp3) is 0.200. The standard InChI is InChI=1S/C5H8N2O2/c1-2-3-5-4-6-9-7(5)8/h2-4,6,8H,1H3/b3-2+. The van der Waals surface area contributed by atoms with Crippen molar-refractivity contribution in [2.45, 2.75) is 6.92 Å². The fourth-order valence-electron chi connectivity index (χ4n) is 0.527. The Morgan fingerprint density at radius 2 is 2.67 bits per heavy atom. The van der Waals surface area contributed by atoms with Gasteiger partial charge in [0, 0.05) is 0 Å². The number of hydroxylamine groups is 3. The first-order valence-corrected chi connectivity index (χ1v) is 2.59. The van der Waals surface area contributed by atoms with Gasteiger partial charge in [0.15, 0.2) is 0 Å². The second-order valence-electron chi connectivity index (χ2n) is 1.55. The van der Waals surface area contributed by atoms with Crippen molar-refractivity contribution in [3.8, 4) is 0 Å². The maximum Gasteiger partial charge on any atom is 0.115 e. The number of rotatable bonds is 1. The molecule has 1 rings (SSSR count). The molecule has 0 amide bonds. The third-order valence-electron chi connectivity index (χ3n) is 0.904. The van der Waals surface area contributed by atoms with E-state index in [1.165, 1.54) is 0 Å². The second kappa shape index (κ2) is 2.52. The molecular formula is C5H8N2O2. The Bertz CT molecular complexity index is 153. The van der Waals surface area contributed by atoms with Crippen LogP contribution in [0.2, 0.25) is 0 Å². The SMILES string of the molecule is C/C=C/C1=CNON1O. The molecular weight excluding hydrogens is 120 g/mol. The molecule has 0 aliphatic carbocycles. The van der Waals surface area contributed by atoms with Gasteiger partial charge in [-0.3, -0.25) is 5.21 Å². The summed E-state index contributed by atoms with van der Waals surface area (Å²) in [4.78, 5) is 4.41. The van der Waals surface area contributed by atoms with Crippen molar-refractivity contribution in [2.75, 3.05) is 0 Å². The summed E-state index contributed by atoms with van der Waals surface area (Å²) in [7, 11) is 0. The summed E-state index contributed by atoms with van der Waals surface area (Å²) in [6.07, 6.45) is 5.05. The zero-order valence-electron chi connectivity index (χ0n) is 5.03. The lowest BCUT2D eigenvalue weighted by Crippen LogP contribution is -2.15. The van der Waals surface area contributed by atoms with Gasteiger partial charge in [0.1, 0.15) is 5.70 Å². The number of nitrogens with zero attached hydrogens (tertiary/aromatic N) is 1. The minimum absolute atomic E-state index is 0.581. The fourth-order valence-corrected chi connectivity index (χ4v) is 0.527. The van der Waals surface area contributed by atoms with Crippen LogP contribution in [0.3, 0.4) is 0 Å². The molecule has 4 nitrogen and oxygen atoms in total. The van der Waals surface area contributed by atoms with Crippen LogP contribution >= 0.6 is 0 Å². The third kappa shape index (κ3) is 1.22. The third-order valence-corrected chi connectivity index (χ3v) is 0.904. The maximum atomic E-state index is 8.75. The van der Waals surface area contributed by atoms with E-state index in [9.17, 15) is 0 Å². The van der Waals surface area contributed by atoms with Crippen LogP contribution < -0.4 is 5.48 Å². The molecule has 0 aromatic carbocycles. The van der Waals surface area contributed by atoms with Gasteiger partial charge < -0.3 is 0 Å². The van der Waals surface area contributed by atoms with Gasteiger partial charge >= 0.3 is 0 Å². The van der Waals surface area contributed by atoms with Crippen LogP contribution in [0.15, 0.2) is 24.0 Å². The van der Waals surface area contributed by atoms with Gasteiger partial charge in [-0.15, -0.1) is 10.2 Å². The lowest BCUT2D eigenvalue weighted by atomic mass is 10.4. The topological polar surface area (TPSA) is 44.7 Å². The molecule has 0 bridgehead atoms. The summed E-state index contributed by atoms with van der Waals surface area (Å²) >= 11 is 0. The van der Waals surface area contributed by atoms with E-state index in [0.717, 1.165) is 0 Å². The molecule has 0 spiro atoms. The molecule has 0 atom stereocenters. The number of hydrogen-bond donors (Lipinski definition) is 2. The number of allylic oxidation sites excluding steroid dienone is 2. The summed E-state index contributed by atoms with van der Waals surface area (Å²) in [6, 6.07) is 0. The first-order valence-electron chi connectivity index (χ1n) is 2.59. The first-order chi connectivity index (χ1) is 4.34. The van der Waals surface area contributed by atoms with E-state index < -0.39 is 0 Å².